The van der Waals surface area contributed by atoms with Crippen molar-refractivity contribution >= 4 is 5.78 Å². The molecule has 0 aromatic rings. The second kappa shape index (κ2) is 3.79. The Morgan fingerprint density at radius 1 is 1.46 bits per heavy atom. The van der Waals surface area contributed by atoms with E-state index in [1.54, 1.807) is 0 Å². The van der Waals surface area contributed by atoms with Gasteiger partial charge in [0.15, 0.2) is 5.78 Å². The Morgan fingerprint density at radius 2 is 2.08 bits per heavy atom. The molecule has 1 heterocycles. The molecule has 13 heavy (non-hydrogen) atoms. The molecule has 1 fully saturated rings. The van der Waals surface area contributed by atoms with Crippen LogP contribution in [0.4, 0.5) is 0 Å². The number of likely N-dealkylation sites (tertiary alicyclic amines) is 1. The summed E-state index contributed by atoms with van der Waals surface area (Å²) in [5.74, 6) is 1.13. The molecular formula is C11H21NO. The van der Waals surface area contributed by atoms with Gasteiger partial charge in [0.05, 0.1) is 6.54 Å². The summed E-state index contributed by atoms with van der Waals surface area (Å²) in [6.45, 7) is 11.1. The highest BCUT2D eigenvalue weighted by molar-refractivity contribution is 5.85. The minimum Gasteiger partial charge on any atom is -0.298 e. The first-order chi connectivity index (χ1) is 5.89. The van der Waals surface area contributed by atoms with E-state index in [4.69, 9.17) is 0 Å². The summed E-state index contributed by atoms with van der Waals surface area (Å²) in [4.78, 5) is 14.0. The predicted molar refractivity (Wildman–Crippen MR) is 54.7 cm³/mol. The van der Waals surface area contributed by atoms with E-state index in [1.165, 1.54) is 6.42 Å². The first-order valence-corrected chi connectivity index (χ1v) is 5.15. The van der Waals surface area contributed by atoms with Crippen molar-refractivity contribution < 1.29 is 4.79 Å². The van der Waals surface area contributed by atoms with Gasteiger partial charge in [-0.2, -0.15) is 0 Å². The molecule has 1 unspecified atom stereocenters. The normalized spacial score (nSPS) is 25.1. The second-order valence-electron chi connectivity index (χ2n) is 5.30. The summed E-state index contributed by atoms with van der Waals surface area (Å²) in [6.07, 6.45) is 1.25. The maximum absolute atomic E-state index is 11.7. The smallest absolute Gasteiger partial charge is 0.152 e. The molecule has 0 amide bonds. The maximum atomic E-state index is 11.7. The number of Topliss-reactive ketones (excluding diaryl/α,β-unsaturated/α-hetero) is 1. The van der Waals surface area contributed by atoms with Crippen molar-refractivity contribution in [2.75, 3.05) is 19.6 Å². The summed E-state index contributed by atoms with van der Waals surface area (Å²) in [6, 6.07) is 0. The molecule has 1 saturated heterocycles. The molecule has 1 aliphatic heterocycles. The van der Waals surface area contributed by atoms with E-state index in [9.17, 15) is 4.79 Å². The van der Waals surface area contributed by atoms with Gasteiger partial charge < -0.3 is 0 Å². The van der Waals surface area contributed by atoms with E-state index in [2.05, 4.69) is 11.8 Å². The minimum absolute atomic E-state index is 0.175. The van der Waals surface area contributed by atoms with E-state index in [1.807, 2.05) is 20.8 Å². The molecule has 0 N–H and O–H groups in total. The number of carbonyl (C=O) groups excluding carboxylic acids is 1. The Bertz CT molecular complexity index is 193. The molecule has 0 aromatic carbocycles. The van der Waals surface area contributed by atoms with Gasteiger partial charge >= 0.3 is 0 Å². The zero-order valence-corrected chi connectivity index (χ0v) is 9.26. The summed E-state index contributed by atoms with van der Waals surface area (Å²) < 4.78 is 0. The molecule has 1 aliphatic rings. The van der Waals surface area contributed by atoms with Crippen molar-refractivity contribution in [3.63, 3.8) is 0 Å². The summed E-state index contributed by atoms with van der Waals surface area (Å²) in [7, 11) is 0. The molecule has 0 radical (unpaired) electrons. The van der Waals surface area contributed by atoms with Crippen LogP contribution in [0.2, 0.25) is 0 Å². The van der Waals surface area contributed by atoms with Crippen molar-refractivity contribution in [2.24, 2.45) is 11.3 Å². The van der Waals surface area contributed by atoms with Crippen molar-refractivity contribution in [3.8, 4) is 0 Å². The van der Waals surface area contributed by atoms with Gasteiger partial charge in [-0.25, -0.2) is 0 Å². The Kier molecular flexibility index (Phi) is 3.12. The molecule has 0 aliphatic carbocycles. The van der Waals surface area contributed by atoms with Gasteiger partial charge in [-0.3, -0.25) is 9.69 Å². The van der Waals surface area contributed by atoms with Gasteiger partial charge in [0.1, 0.15) is 0 Å². The standard InChI is InChI=1S/C11H21NO/c1-9-5-6-12(7-9)8-10(13)11(2,3)4/h9H,5-8H2,1-4H3. The van der Waals surface area contributed by atoms with Crippen LogP contribution < -0.4 is 0 Å². The van der Waals surface area contributed by atoms with Crippen LogP contribution in [0.3, 0.4) is 0 Å². The first-order valence-electron chi connectivity index (χ1n) is 5.15. The molecule has 0 bridgehead atoms. The Labute approximate surface area is 81.3 Å². The molecule has 0 spiro atoms. The first kappa shape index (κ1) is 10.7. The molecule has 0 saturated carbocycles. The number of carbonyl (C=O) groups is 1. The maximum Gasteiger partial charge on any atom is 0.152 e. The number of rotatable bonds is 2. The highest BCUT2D eigenvalue weighted by Crippen LogP contribution is 2.19. The average Bonchev–Trinajstić information content (AvgIpc) is 2.33. The third-order valence-corrected chi connectivity index (χ3v) is 2.71. The lowest BCUT2D eigenvalue weighted by Crippen LogP contribution is -2.34. The van der Waals surface area contributed by atoms with Crippen LogP contribution in [0.15, 0.2) is 0 Å². The second-order valence-corrected chi connectivity index (χ2v) is 5.30. The third kappa shape index (κ3) is 3.11. The monoisotopic (exact) mass is 183 g/mol. The van der Waals surface area contributed by atoms with Crippen LogP contribution in [-0.2, 0) is 4.79 Å². The van der Waals surface area contributed by atoms with Gasteiger partial charge in [-0.1, -0.05) is 27.7 Å². The van der Waals surface area contributed by atoms with Crippen molar-refractivity contribution in [3.05, 3.63) is 0 Å². The highest BCUT2D eigenvalue weighted by atomic mass is 16.1. The van der Waals surface area contributed by atoms with Gasteiger partial charge in [0, 0.05) is 12.0 Å². The fraction of sp³-hybridized carbons (Fsp3) is 0.909. The SMILES string of the molecule is CC1CCN(CC(=O)C(C)(C)C)C1. The minimum atomic E-state index is -0.175. The van der Waals surface area contributed by atoms with Gasteiger partial charge in [0.25, 0.3) is 0 Å². The summed E-state index contributed by atoms with van der Waals surface area (Å²) in [5, 5.41) is 0. The number of nitrogens with zero attached hydrogens (tertiary/aromatic N) is 1. The zero-order chi connectivity index (χ0) is 10.1. The third-order valence-electron chi connectivity index (χ3n) is 2.71. The quantitative estimate of drug-likeness (QED) is 0.652. The largest absolute Gasteiger partial charge is 0.298 e. The zero-order valence-electron chi connectivity index (χ0n) is 9.26. The number of hydrogen-bond acceptors (Lipinski definition) is 2. The summed E-state index contributed by atoms with van der Waals surface area (Å²) >= 11 is 0. The van der Waals surface area contributed by atoms with E-state index >= 15 is 0 Å². The lowest BCUT2D eigenvalue weighted by molar-refractivity contribution is -0.127. The molecule has 1 atom stereocenters. The van der Waals surface area contributed by atoms with E-state index in [-0.39, 0.29) is 5.41 Å². The number of hydrogen-bond donors (Lipinski definition) is 0. The molecule has 1 rings (SSSR count). The van der Waals surface area contributed by atoms with E-state index < -0.39 is 0 Å². The van der Waals surface area contributed by atoms with Crippen molar-refractivity contribution in [1.29, 1.82) is 0 Å². The van der Waals surface area contributed by atoms with Gasteiger partial charge in [-0.05, 0) is 18.9 Å². The molecule has 2 nitrogen and oxygen atoms in total. The van der Waals surface area contributed by atoms with Gasteiger partial charge in [-0.15, -0.1) is 0 Å². The Hall–Kier alpha value is -0.370. The van der Waals surface area contributed by atoms with Crippen molar-refractivity contribution in [1.82, 2.24) is 4.90 Å². The average molecular weight is 183 g/mol. The number of ketones is 1. The molecular weight excluding hydrogens is 162 g/mol. The van der Waals surface area contributed by atoms with Gasteiger partial charge in [0.2, 0.25) is 0 Å². The predicted octanol–water partition coefficient (Wildman–Crippen LogP) is 1.94. The Balaban J connectivity index is 2.37. The topological polar surface area (TPSA) is 20.3 Å². The molecule has 2 heteroatoms. The molecule has 76 valence electrons. The fourth-order valence-corrected chi connectivity index (χ4v) is 1.61. The van der Waals surface area contributed by atoms with Crippen LogP contribution in [0, 0.1) is 11.3 Å². The van der Waals surface area contributed by atoms with E-state index in [0.29, 0.717) is 12.3 Å². The molecule has 0 aromatic heterocycles. The van der Waals surface area contributed by atoms with Crippen LogP contribution in [0.1, 0.15) is 34.1 Å². The lowest BCUT2D eigenvalue weighted by Gasteiger charge is -2.21. The highest BCUT2D eigenvalue weighted by Gasteiger charge is 2.26. The Morgan fingerprint density at radius 3 is 2.46 bits per heavy atom. The van der Waals surface area contributed by atoms with Crippen LogP contribution in [0.5, 0.6) is 0 Å². The van der Waals surface area contributed by atoms with Crippen LogP contribution >= 0.6 is 0 Å². The van der Waals surface area contributed by atoms with E-state index in [0.717, 1.165) is 19.0 Å². The van der Waals surface area contributed by atoms with Crippen molar-refractivity contribution in [2.45, 2.75) is 34.1 Å². The lowest BCUT2D eigenvalue weighted by atomic mass is 9.90. The summed E-state index contributed by atoms with van der Waals surface area (Å²) in [5.41, 5.74) is -0.175. The van der Waals surface area contributed by atoms with Crippen LogP contribution in [-0.4, -0.2) is 30.3 Å². The van der Waals surface area contributed by atoms with Crippen LogP contribution in [0.25, 0.3) is 0 Å². The fourth-order valence-electron chi connectivity index (χ4n) is 1.61.